The van der Waals surface area contributed by atoms with Crippen LogP contribution in [-0.4, -0.2) is 15.5 Å². The summed E-state index contributed by atoms with van der Waals surface area (Å²) in [5.41, 5.74) is 1.60. The van der Waals surface area contributed by atoms with Gasteiger partial charge in [0.15, 0.2) is 5.13 Å². The van der Waals surface area contributed by atoms with Crippen LogP contribution in [0.3, 0.4) is 0 Å². The van der Waals surface area contributed by atoms with Gasteiger partial charge in [-0.15, -0.1) is 11.3 Å². The molecule has 0 fully saturated rings. The summed E-state index contributed by atoms with van der Waals surface area (Å²) >= 11 is 1.28. The van der Waals surface area contributed by atoms with Crippen LogP contribution in [0.5, 0.6) is 0 Å². The summed E-state index contributed by atoms with van der Waals surface area (Å²) in [5, 5.41) is 14.0. The van der Waals surface area contributed by atoms with E-state index in [9.17, 15) is 14.4 Å². The van der Waals surface area contributed by atoms with Gasteiger partial charge in [0.05, 0.1) is 0 Å². The molecule has 124 valence electrons. The number of anilines is 1. The minimum absolute atomic E-state index is 0.0192. The van der Waals surface area contributed by atoms with Crippen molar-refractivity contribution in [3.8, 4) is 6.07 Å². The Kier molecular flexibility index (Phi) is 5.02. The van der Waals surface area contributed by atoms with Gasteiger partial charge in [0.25, 0.3) is 5.91 Å². The number of hydrogen-bond acceptors (Lipinski definition) is 4. The fourth-order valence-corrected chi connectivity index (χ4v) is 2.76. The zero-order chi connectivity index (χ0) is 17.6. The molecule has 5 nitrogen and oxygen atoms in total. The van der Waals surface area contributed by atoms with Crippen LogP contribution >= 0.6 is 11.3 Å². The van der Waals surface area contributed by atoms with E-state index in [0.29, 0.717) is 17.4 Å². The number of aromatic nitrogens is 2. The van der Waals surface area contributed by atoms with Crippen LogP contribution in [0, 0.1) is 17.1 Å². The zero-order valence-electron chi connectivity index (χ0n) is 13.0. The Labute approximate surface area is 147 Å². The molecule has 0 aliphatic carbocycles. The van der Waals surface area contributed by atoms with Crippen molar-refractivity contribution in [3.63, 3.8) is 0 Å². The lowest BCUT2D eigenvalue weighted by atomic mass is 10.2. The number of carbonyl (C=O) groups excluding carboxylic acids is 1. The fraction of sp³-hybridized carbons (Fsp3) is 0.0556. The molecule has 2 heterocycles. The maximum absolute atomic E-state index is 13.0. The van der Waals surface area contributed by atoms with E-state index >= 15 is 0 Å². The number of halogens is 1. The first-order chi connectivity index (χ1) is 12.2. The summed E-state index contributed by atoms with van der Waals surface area (Å²) in [5.74, 6) is -0.797. The maximum Gasteiger partial charge on any atom is 0.268 e. The van der Waals surface area contributed by atoms with Crippen LogP contribution in [0.15, 0.2) is 59.7 Å². The van der Waals surface area contributed by atoms with Crippen molar-refractivity contribution in [2.45, 2.75) is 6.54 Å². The van der Waals surface area contributed by atoms with Gasteiger partial charge in [-0.3, -0.25) is 10.1 Å². The van der Waals surface area contributed by atoms with Crippen molar-refractivity contribution < 1.29 is 9.18 Å². The van der Waals surface area contributed by atoms with Gasteiger partial charge in [0.1, 0.15) is 17.5 Å². The second-order valence-corrected chi connectivity index (χ2v) is 6.04. The Bertz CT molecular complexity index is 936. The van der Waals surface area contributed by atoms with Crippen molar-refractivity contribution in [2.75, 3.05) is 5.32 Å². The molecule has 0 spiro atoms. The molecule has 0 atom stereocenters. The van der Waals surface area contributed by atoms with Gasteiger partial charge in [0.2, 0.25) is 0 Å². The molecule has 0 unspecified atom stereocenters. The topological polar surface area (TPSA) is 70.7 Å². The lowest BCUT2D eigenvalue weighted by molar-refractivity contribution is -0.112. The second kappa shape index (κ2) is 7.55. The Hall–Kier alpha value is -3.24. The molecule has 0 saturated carbocycles. The predicted molar refractivity (Wildman–Crippen MR) is 94.3 cm³/mol. The third-order valence-corrected chi connectivity index (χ3v) is 4.13. The molecule has 0 radical (unpaired) electrons. The highest BCUT2D eigenvalue weighted by Gasteiger charge is 2.12. The number of amides is 1. The molecular weight excluding hydrogens is 339 g/mol. The number of carbonyl (C=O) groups is 1. The Morgan fingerprint density at radius 2 is 2.16 bits per heavy atom. The molecule has 1 amide bonds. The molecule has 2 aromatic heterocycles. The second-order valence-electron chi connectivity index (χ2n) is 5.15. The van der Waals surface area contributed by atoms with Gasteiger partial charge in [-0.05, 0) is 35.9 Å². The van der Waals surface area contributed by atoms with E-state index < -0.39 is 5.91 Å². The number of nitriles is 1. The van der Waals surface area contributed by atoms with Crippen LogP contribution in [0.2, 0.25) is 0 Å². The number of thiazole rings is 1. The van der Waals surface area contributed by atoms with E-state index in [-0.39, 0.29) is 11.4 Å². The third-order valence-electron chi connectivity index (χ3n) is 3.44. The molecule has 1 N–H and O–H groups in total. The number of nitrogens with one attached hydrogen (secondary N) is 1. The molecule has 0 saturated heterocycles. The number of hydrogen-bond donors (Lipinski definition) is 1. The summed E-state index contributed by atoms with van der Waals surface area (Å²) in [7, 11) is 0. The van der Waals surface area contributed by atoms with Crippen molar-refractivity contribution in [1.82, 2.24) is 9.55 Å². The first kappa shape index (κ1) is 16.6. The SMILES string of the molecule is N#C/C(=C/c1cccn1Cc1ccc(F)cc1)C(=O)Nc1nccs1. The molecule has 7 heteroatoms. The molecule has 25 heavy (non-hydrogen) atoms. The molecular formula is C18H13FN4OS. The summed E-state index contributed by atoms with van der Waals surface area (Å²) in [6.45, 7) is 0.506. The molecule has 1 aromatic carbocycles. The summed E-state index contributed by atoms with van der Waals surface area (Å²) < 4.78 is 14.9. The van der Waals surface area contributed by atoms with E-state index in [2.05, 4.69) is 10.3 Å². The summed E-state index contributed by atoms with van der Waals surface area (Å²) in [6.07, 6.45) is 4.93. The van der Waals surface area contributed by atoms with Crippen LogP contribution in [-0.2, 0) is 11.3 Å². The average molecular weight is 352 g/mol. The van der Waals surface area contributed by atoms with Gasteiger partial charge in [-0.1, -0.05) is 12.1 Å². The van der Waals surface area contributed by atoms with Crippen molar-refractivity contribution >= 4 is 28.5 Å². The molecule has 0 aliphatic rings. The predicted octanol–water partition coefficient (Wildman–Crippen LogP) is 3.68. The van der Waals surface area contributed by atoms with Gasteiger partial charge >= 0.3 is 0 Å². The largest absolute Gasteiger partial charge is 0.344 e. The molecule has 3 rings (SSSR count). The van der Waals surface area contributed by atoms with Crippen LogP contribution < -0.4 is 5.32 Å². The van der Waals surface area contributed by atoms with E-state index in [1.165, 1.54) is 29.5 Å². The Morgan fingerprint density at radius 3 is 2.84 bits per heavy atom. The normalized spacial score (nSPS) is 11.1. The smallest absolute Gasteiger partial charge is 0.268 e. The quantitative estimate of drug-likeness (QED) is 0.562. The monoisotopic (exact) mass is 352 g/mol. The number of benzene rings is 1. The summed E-state index contributed by atoms with van der Waals surface area (Å²) in [6, 6.07) is 11.7. The molecule has 0 aliphatic heterocycles. The lowest BCUT2D eigenvalue weighted by Gasteiger charge is -2.07. The third kappa shape index (κ3) is 4.19. The standard InChI is InChI=1S/C18H13FN4OS/c19-15-5-3-13(4-6-15)12-23-8-1-2-16(23)10-14(11-20)17(24)22-18-21-7-9-25-18/h1-10H,12H2,(H,21,22,24)/b14-10-. The average Bonchev–Trinajstić information content (AvgIpc) is 3.26. The lowest BCUT2D eigenvalue weighted by Crippen LogP contribution is -2.13. The summed E-state index contributed by atoms with van der Waals surface area (Å²) in [4.78, 5) is 16.2. The number of rotatable bonds is 5. The molecule has 3 aromatic rings. The van der Waals surface area contributed by atoms with Gasteiger partial charge in [0, 0.05) is 30.0 Å². The first-order valence-electron chi connectivity index (χ1n) is 7.38. The van der Waals surface area contributed by atoms with E-state index in [0.717, 1.165) is 5.56 Å². The van der Waals surface area contributed by atoms with Gasteiger partial charge in [-0.2, -0.15) is 5.26 Å². The van der Waals surface area contributed by atoms with Crippen molar-refractivity contribution in [3.05, 3.63) is 76.8 Å². The fourth-order valence-electron chi connectivity index (χ4n) is 2.23. The number of nitrogens with zero attached hydrogens (tertiary/aromatic N) is 3. The van der Waals surface area contributed by atoms with Crippen molar-refractivity contribution in [1.29, 1.82) is 5.26 Å². The maximum atomic E-state index is 13.0. The highest BCUT2D eigenvalue weighted by atomic mass is 32.1. The highest BCUT2D eigenvalue weighted by Crippen LogP contribution is 2.15. The van der Waals surface area contributed by atoms with Crippen LogP contribution in [0.1, 0.15) is 11.3 Å². The highest BCUT2D eigenvalue weighted by molar-refractivity contribution is 7.13. The molecule has 0 bridgehead atoms. The van der Waals surface area contributed by atoms with E-state index in [1.807, 2.05) is 22.9 Å². The van der Waals surface area contributed by atoms with Gasteiger partial charge < -0.3 is 4.57 Å². The van der Waals surface area contributed by atoms with Crippen LogP contribution in [0.25, 0.3) is 6.08 Å². The first-order valence-corrected chi connectivity index (χ1v) is 8.26. The minimum atomic E-state index is -0.507. The van der Waals surface area contributed by atoms with Crippen molar-refractivity contribution in [2.24, 2.45) is 0 Å². The Balaban J connectivity index is 1.80. The Morgan fingerprint density at radius 1 is 1.36 bits per heavy atom. The minimum Gasteiger partial charge on any atom is -0.344 e. The zero-order valence-corrected chi connectivity index (χ0v) is 13.8. The van der Waals surface area contributed by atoms with E-state index in [1.54, 1.807) is 29.8 Å². The van der Waals surface area contributed by atoms with E-state index in [4.69, 9.17) is 0 Å². The van der Waals surface area contributed by atoms with Gasteiger partial charge in [-0.25, -0.2) is 9.37 Å². The van der Waals surface area contributed by atoms with Crippen LogP contribution in [0.4, 0.5) is 9.52 Å².